The van der Waals surface area contributed by atoms with E-state index in [4.69, 9.17) is 10.8 Å². The third kappa shape index (κ3) is 8.65. The molecule has 0 radical (unpaired) electrons. The summed E-state index contributed by atoms with van der Waals surface area (Å²) in [6.07, 6.45) is 2.16. The lowest BCUT2D eigenvalue weighted by Gasteiger charge is -2.24. The van der Waals surface area contributed by atoms with Crippen molar-refractivity contribution in [2.75, 3.05) is 34.2 Å². The van der Waals surface area contributed by atoms with Gasteiger partial charge in [-0.1, -0.05) is 0 Å². The molecule has 1 amide bonds. The fourth-order valence-electron chi connectivity index (χ4n) is 1.45. The van der Waals surface area contributed by atoms with E-state index in [-0.39, 0.29) is 6.54 Å². The van der Waals surface area contributed by atoms with E-state index in [2.05, 4.69) is 26.5 Å². The Hall–Kier alpha value is -1.14. The summed E-state index contributed by atoms with van der Waals surface area (Å²) in [4.78, 5) is 21.9. The van der Waals surface area contributed by atoms with E-state index < -0.39 is 17.9 Å². The molecular formula is C11H24N3O3+. The molecule has 0 aliphatic rings. The maximum Gasteiger partial charge on any atom is 0.326 e. The molecular weight excluding hydrogens is 222 g/mol. The van der Waals surface area contributed by atoms with E-state index in [1.807, 2.05) is 0 Å². The van der Waals surface area contributed by atoms with Crippen LogP contribution in [-0.2, 0) is 9.59 Å². The summed E-state index contributed by atoms with van der Waals surface area (Å²) in [5.74, 6) is -1.43. The molecule has 6 heteroatoms. The van der Waals surface area contributed by atoms with Crippen molar-refractivity contribution in [2.45, 2.75) is 25.3 Å². The van der Waals surface area contributed by atoms with Crippen LogP contribution in [-0.4, -0.2) is 61.7 Å². The lowest BCUT2D eigenvalue weighted by molar-refractivity contribution is -0.870. The zero-order valence-electron chi connectivity index (χ0n) is 10.9. The molecule has 0 rings (SSSR count). The van der Waals surface area contributed by atoms with Gasteiger partial charge in [0.25, 0.3) is 0 Å². The van der Waals surface area contributed by atoms with Crippen LogP contribution in [0.3, 0.4) is 0 Å². The minimum absolute atomic E-state index is 0.178. The van der Waals surface area contributed by atoms with Gasteiger partial charge in [-0.05, 0) is 19.3 Å². The molecule has 6 nitrogen and oxygen atoms in total. The molecule has 0 aromatic rings. The van der Waals surface area contributed by atoms with Crippen LogP contribution in [0.25, 0.3) is 0 Å². The number of nitrogens with zero attached hydrogens (tertiary/aromatic N) is 1. The summed E-state index contributed by atoms with van der Waals surface area (Å²) < 4.78 is 0.854. The maximum absolute atomic E-state index is 11.0. The van der Waals surface area contributed by atoms with E-state index in [0.717, 1.165) is 23.9 Å². The fraction of sp³-hybridized carbons (Fsp3) is 0.818. The van der Waals surface area contributed by atoms with Gasteiger partial charge < -0.3 is 20.6 Å². The number of hydrogen-bond acceptors (Lipinski definition) is 3. The number of aliphatic carboxylic acids is 1. The summed E-state index contributed by atoms with van der Waals surface area (Å²) in [6.45, 7) is 0.805. The number of nitrogens with two attached hydrogens (primary N) is 1. The average molecular weight is 246 g/mol. The van der Waals surface area contributed by atoms with Gasteiger partial charge in [0.1, 0.15) is 6.04 Å². The van der Waals surface area contributed by atoms with Crippen LogP contribution in [0.5, 0.6) is 0 Å². The van der Waals surface area contributed by atoms with Crippen molar-refractivity contribution >= 4 is 11.9 Å². The predicted octanol–water partition coefficient (Wildman–Crippen LogP) is -0.609. The van der Waals surface area contributed by atoms with E-state index in [9.17, 15) is 9.59 Å². The molecule has 100 valence electrons. The van der Waals surface area contributed by atoms with E-state index in [1.165, 1.54) is 0 Å². The first-order valence-corrected chi connectivity index (χ1v) is 5.79. The fourth-order valence-corrected chi connectivity index (χ4v) is 1.45. The Labute approximate surface area is 102 Å². The first-order valence-electron chi connectivity index (χ1n) is 5.79. The second-order valence-corrected chi connectivity index (χ2v) is 5.17. The summed E-state index contributed by atoms with van der Waals surface area (Å²) >= 11 is 0. The van der Waals surface area contributed by atoms with Crippen LogP contribution in [0.1, 0.15) is 19.3 Å². The molecule has 0 spiro atoms. The van der Waals surface area contributed by atoms with Crippen molar-refractivity contribution in [1.29, 1.82) is 0 Å². The number of carbonyl (C=O) groups excluding carboxylic acids is 1. The summed E-state index contributed by atoms with van der Waals surface area (Å²) in [6, 6.07) is -0.821. The quantitative estimate of drug-likeness (QED) is 0.393. The third-order valence-corrected chi connectivity index (χ3v) is 2.39. The van der Waals surface area contributed by atoms with Gasteiger partial charge in [-0.25, -0.2) is 4.79 Å². The highest BCUT2D eigenvalue weighted by atomic mass is 16.4. The molecule has 0 aromatic carbocycles. The second-order valence-electron chi connectivity index (χ2n) is 5.17. The van der Waals surface area contributed by atoms with Crippen LogP contribution >= 0.6 is 0 Å². The van der Waals surface area contributed by atoms with Crippen molar-refractivity contribution in [1.82, 2.24) is 5.32 Å². The molecule has 0 saturated heterocycles. The van der Waals surface area contributed by atoms with Crippen LogP contribution in [0.4, 0.5) is 0 Å². The number of carboxylic acid groups (broad SMARTS) is 1. The topological polar surface area (TPSA) is 92.4 Å². The number of nitrogens with one attached hydrogen (secondary N) is 1. The standard InChI is InChI=1S/C11H23N3O3/c1-14(2,3)7-5-4-6-9(11(16)17)13-10(15)8-12/h9H,4-8,12H2,1-3H3,(H-,13,15,16,17)/p+1/t9-/m0/s1. The number of carboxylic acids is 1. The molecule has 0 aliphatic heterocycles. The number of hydrogen-bond donors (Lipinski definition) is 3. The predicted molar refractivity (Wildman–Crippen MR) is 65.4 cm³/mol. The highest BCUT2D eigenvalue weighted by Crippen LogP contribution is 2.04. The molecule has 17 heavy (non-hydrogen) atoms. The number of rotatable bonds is 8. The summed E-state index contributed by atoms with van der Waals surface area (Å²) in [5, 5.41) is 11.3. The lowest BCUT2D eigenvalue weighted by Crippen LogP contribution is -2.43. The van der Waals surface area contributed by atoms with Crippen LogP contribution in [0.15, 0.2) is 0 Å². The smallest absolute Gasteiger partial charge is 0.326 e. The zero-order valence-corrected chi connectivity index (χ0v) is 10.9. The van der Waals surface area contributed by atoms with Crippen molar-refractivity contribution < 1.29 is 19.2 Å². The molecule has 0 aromatic heterocycles. The van der Waals surface area contributed by atoms with Crippen molar-refractivity contribution in [3.05, 3.63) is 0 Å². The maximum atomic E-state index is 11.0. The Balaban J connectivity index is 3.94. The molecule has 0 saturated carbocycles. The van der Waals surface area contributed by atoms with Gasteiger partial charge in [0.15, 0.2) is 0 Å². The summed E-state index contributed by atoms with van der Waals surface area (Å²) in [7, 11) is 6.26. The monoisotopic (exact) mass is 246 g/mol. The second kappa shape index (κ2) is 7.24. The van der Waals surface area contributed by atoms with Crippen LogP contribution in [0.2, 0.25) is 0 Å². The van der Waals surface area contributed by atoms with Gasteiger partial charge in [0, 0.05) is 0 Å². The van der Waals surface area contributed by atoms with Gasteiger partial charge in [-0.2, -0.15) is 0 Å². The van der Waals surface area contributed by atoms with Crippen LogP contribution < -0.4 is 11.1 Å². The first kappa shape index (κ1) is 15.9. The van der Waals surface area contributed by atoms with Crippen LogP contribution in [0, 0.1) is 0 Å². The number of carbonyl (C=O) groups is 2. The Bertz CT molecular complexity index is 261. The highest BCUT2D eigenvalue weighted by Gasteiger charge is 2.19. The molecule has 0 aliphatic carbocycles. The SMILES string of the molecule is C[N+](C)(C)CCCC[C@H](NC(=O)CN)C(=O)O. The highest BCUT2D eigenvalue weighted by molar-refractivity contribution is 5.84. The first-order chi connectivity index (χ1) is 7.76. The lowest BCUT2D eigenvalue weighted by atomic mass is 10.1. The van der Waals surface area contributed by atoms with Gasteiger partial charge in [0.05, 0.1) is 34.2 Å². The van der Waals surface area contributed by atoms with Gasteiger partial charge in [-0.3, -0.25) is 4.79 Å². The van der Waals surface area contributed by atoms with E-state index >= 15 is 0 Å². The molecule has 0 fully saturated rings. The number of unbranched alkanes of at least 4 members (excludes halogenated alkanes) is 1. The van der Waals surface area contributed by atoms with E-state index in [0.29, 0.717) is 6.42 Å². The Morgan fingerprint density at radius 3 is 2.29 bits per heavy atom. The summed E-state index contributed by atoms with van der Waals surface area (Å²) in [5.41, 5.74) is 5.12. The molecule has 0 heterocycles. The number of quaternary nitrogens is 1. The minimum Gasteiger partial charge on any atom is -0.480 e. The average Bonchev–Trinajstić information content (AvgIpc) is 2.20. The number of amides is 1. The van der Waals surface area contributed by atoms with E-state index in [1.54, 1.807) is 0 Å². The molecule has 0 unspecified atom stereocenters. The minimum atomic E-state index is -1.00. The van der Waals surface area contributed by atoms with Crippen molar-refractivity contribution in [2.24, 2.45) is 5.73 Å². The van der Waals surface area contributed by atoms with Gasteiger partial charge in [0.2, 0.25) is 5.91 Å². The van der Waals surface area contributed by atoms with Gasteiger partial charge in [-0.15, -0.1) is 0 Å². The van der Waals surface area contributed by atoms with Gasteiger partial charge >= 0.3 is 5.97 Å². The Morgan fingerprint density at radius 1 is 1.29 bits per heavy atom. The largest absolute Gasteiger partial charge is 0.480 e. The molecule has 1 atom stereocenters. The van der Waals surface area contributed by atoms with Crippen molar-refractivity contribution in [3.63, 3.8) is 0 Å². The normalized spacial score (nSPS) is 13.2. The molecule has 0 bridgehead atoms. The Morgan fingerprint density at radius 2 is 1.88 bits per heavy atom. The third-order valence-electron chi connectivity index (χ3n) is 2.39. The van der Waals surface area contributed by atoms with Crippen molar-refractivity contribution in [3.8, 4) is 0 Å². The molecule has 4 N–H and O–H groups in total. The Kier molecular flexibility index (Phi) is 6.75. The zero-order chi connectivity index (χ0) is 13.5.